The van der Waals surface area contributed by atoms with Crippen LogP contribution in [-0.4, -0.2) is 41.1 Å². The van der Waals surface area contributed by atoms with E-state index in [9.17, 15) is 4.79 Å². The van der Waals surface area contributed by atoms with Crippen molar-refractivity contribution in [2.45, 2.75) is 44.9 Å². The predicted molar refractivity (Wildman–Crippen MR) is 103 cm³/mol. The second-order valence-corrected chi connectivity index (χ2v) is 7.71. The van der Waals surface area contributed by atoms with Crippen molar-refractivity contribution in [2.75, 3.05) is 20.7 Å². The third kappa shape index (κ3) is 3.84. The molecule has 0 unspecified atom stereocenters. The summed E-state index contributed by atoms with van der Waals surface area (Å²) in [5, 5.41) is 5.88. The summed E-state index contributed by atoms with van der Waals surface area (Å²) in [4.78, 5) is 19.3. The lowest BCUT2D eigenvalue weighted by Gasteiger charge is -2.35. The van der Waals surface area contributed by atoms with Crippen LogP contribution in [0, 0.1) is 0 Å². The van der Waals surface area contributed by atoms with Crippen LogP contribution in [0.5, 0.6) is 0 Å². The number of carbonyl (C=O) groups is 1. The second-order valence-electron chi connectivity index (χ2n) is 6.82. The highest BCUT2D eigenvalue weighted by Crippen LogP contribution is 2.33. The van der Waals surface area contributed by atoms with Gasteiger partial charge in [-0.1, -0.05) is 6.42 Å². The van der Waals surface area contributed by atoms with Crippen molar-refractivity contribution in [2.24, 2.45) is 7.05 Å². The van der Waals surface area contributed by atoms with Crippen LogP contribution >= 0.6 is 11.3 Å². The molecule has 1 saturated heterocycles. The highest BCUT2D eigenvalue weighted by Gasteiger charge is 2.28. The molecule has 2 atom stereocenters. The molecule has 3 rings (SSSR count). The molecule has 0 aromatic carbocycles. The van der Waals surface area contributed by atoms with E-state index in [0.29, 0.717) is 11.7 Å². The molecule has 0 radical (unpaired) electrons. The largest absolute Gasteiger partial charge is 0.375 e. The van der Waals surface area contributed by atoms with Gasteiger partial charge in [0.25, 0.3) is 5.91 Å². The lowest BCUT2D eigenvalue weighted by atomic mass is 9.99. The zero-order valence-electron chi connectivity index (χ0n) is 16.0. The van der Waals surface area contributed by atoms with E-state index in [1.165, 1.54) is 18.5 Å². The number of hydrogen-bond acceptors (Lipinski definition) is 5. The van der Waals surface area contributed by atoms with Crippen molar-refractivity contribution in [3.8, 4) is 0 Å². The first-order valence-electron chi connectivity index (χ1n) is 9.14. The maximum atomic E-state index is 12.0. The summed E-state index contributed by atoms with van der Waals surface area (Å²) in [6.45, 7) is 3.91. The van der Waals surface area contributed by atoms with Gasteiger partial charge in [-0.25, -0.2) is 4.98 Å². The highest BCUT2D eigenvalue weighted by molar-refractivity contribution is 7.09. The number of ether oxygens (including phenoxy) is 1. The molecule has 6 nitrogen and oxygen atoms in total. The second kappa shape index (κ2) is 8.33. The number of likely N-dealkylation sites (tertiary alicyclic amines) is 1. The van der Waals surface area contributed by atoms with E-state index in [1.807, 2.05) is 24.6 Å². The first-order valence-corrected chi connectivity index (χ1v) is 10.0. The smallest absolute Gasteiger partial charge is 0.267 e. The number of carbonyl (C=O) groups excluding carboxylic acids is 1. The van der Waals surface area contributed by atoms with Gasteiger partial charge in [0.15, 0.2) is 0 Å². The fourth-order valence-corrected chi connectivity index (χ4v) is 4.47. The fourth-order valence-electron chi connectivity index (χ4n) is 3.62. The number of thiazole rings is 1. The van der Waals surface area contributed by atoms with E-state index < -0.39 is 0 Å². The van der Waals surface area contributed by atoms with Crippen LogP contribution < -0.4 is 5.32 Å². The van der Waals surface area contributed by atoms with Crippen LogP contribution in [0.4, 0.5) is 0 Å². The molecule has 1 aliphatic rings. The van der Waals surface area contributed by atoms with Gasteiger partial charge in [0, 0.05) is 38.8 Å². The molecular formula is C19H28N4O2S. The molecule has 1 fully saturated rings. The van der Waals surface area contributed by atoms with Gasteiger partial charge in [-0.15, -0.1) is 11.3 Å². The molecule has 7 heteroatoms. The number of rotatable bonds is 6. The minimum absolute atomic E-state index is 0.0360. The molecule has 142 valence electrons. The Hall–Kier alpha value is -1.70. The Labute approximate surface area is 159 Å². The van der Waals surface area contributed by atoms with Crippen molar-refractivity contribution < 1.29 is 9.53 Å². The third-order valence-electron chi connectivity index (χ3n) is 5.21. The van der Waals surface area contributed by atoms with Crippen LogP contribution in [0.25, 0.3) is 0 Å². The first kappa shape index (κ1) is 19.1. The van der Waals surface area contributed by atoms with E-state index >= 15 is 0 Å². The fraction of sp³-hybridized carbons (Fsp3) is 0.579. The van der Waals surface area contributed by atoms with E-state index in [-0.39, 0.29) is 12.0 Å². The average Bonchev–Trinajstić information content (AvgIpc) is 3.28. The minimum atomic E-state index is -0.0428. The van der Waals surface area contributed by atoms with Gasteiger partial charge < -0.3 is 14.6 Å². The third-order valence-corrected chi connectivity index (χ3v) is 6.27. The first-order chi connectivity index (χ1) is 12.5. The summed E-state index contributed by atoms with van der Waals surface area (Å²) >= 11 is 1.66. The molecule has 0 aliphatic carbocycles. The molecule has 1 N–H and O–H groups in total. The topological polar surface area (TPSA) is 59.4 Å². The quantitative estimate of drug-likeness (QED) is 0.841. The summed E-state index contributed by atoms with van der Waals surface area (Å²) < 4.78 is 7.40. The number of methoxy groups -OCH3 is 1. The van der Waals surface area contributed by atoms with Crippen molar-refractivity contribution in [3.63, 3.8) is 0 Å². The molecule has 2 aromatic heterocycles. The average molecular weight is 377 g/mol. The number of piperidine rings is 1. The summed E-state index contributed by atoms with van der Waals surface area (Å²) in [7, 11) is 5.36. The van der Waals surface area contributed by atoms with Gasteiger partial charge in [-0.05, 0) is 38.4 Å². The normalized spacial score (nSPS) is 19.5. The van der Waals surface area contributed by atoms with E-state index in [2.05, 4.69) is 21.7 Å². The molecule has 3 heterocycles. The van der Waals surface area contributed by atoms with E-state index in [0.717, 1.165) is 30.2 Å². The Morgan fingerprint density at radius 2 is 2.27 bits per heavy atom. The lowest BCUT2D eigenvalue weighted by Crippen LogP contribution is -2.34. The molecular weight excluding hydrogens is 348 g/mol. The van der Waals surface area contributed by atoms with Crippen LogP contribution in [0.3, 0.4) is 0 Å². The van der Waals surface area contributed by atoms with E-state index in [1.54, 1.807) is 25.5 Å². The standard InChI is InChI=1S/C19H28N4O2S/c1-13(25-4)19-21-14(12-26-19)11-23-10-6-5-7-16(23)15-8-9-17(22(15)3)18(24)20-2/h8-9,12-13,16H,5-7,10-11H2,1-4H3,(H,20,24)/t13-,16+/m0/s1. The predicted octanol–water partition coefficient (Wildman–Crippen LogP) is 3.28. The minimum Gasteiger partial charge on any atom is -0.375 e. The Bertz CT molecular complexity index is 755. The zero-order chi connectivity index (χ0) is 18.7. The molecule has 2 aromatic rings. The monoisotopic (exact) mass is 376 g/mol. The number of aromatic nitrogens is 2. The maximum absolute atomic E-state index is 12.0. The van der Waals surface area contributed by atoms with E-state index in [4.69, 9.17) is 9.72 Å². The van der Waals surface area contributed by atoms with Crippen molar-refractivity contribution in [3.05, 3.63) is 39.6 Å². The van der Waals surface area contributed by atoms with Gasteiger partial charge in [0.05, 0.1) is 11.7 Å². The van der Waals surface area contributed by atoms with Gasteiger partial charge in [0.2, 0.25) is 0 Å². The summed E-state index contributed by atoms with van der Waals surface area (Å²) in [6.07, 6.45) is 3.56. The number of amides is 1. The van der Waals surface area contributed by atoms with Crippen molar-refractivity contribution >= 4 is 17.2 Å². The molecule has 0 spiro atoms. The van der Waals surface area contributed by atoms with Gasteiger partial charge in [0.1, 0.15) is 16.8 Å². The number of nitrogens with zero attached hydrogens (tertiary/aromatic N) is 3. The van der Waals surface area contributed by atoms with Crippen LogP contribution in [-0.2, 0) is 18.3 Å². The molecule has 26 heavy (non-hydrogen) atoms. The summed E-state index contributed by atoms with van der Waals surface area (Å²) in [6, 6.07) is 4.33. The molecule has 0 saturated carbocycles. The van der Waals surface area contributed by atoms with Gasteiger partial charge in [-0.3, -0.25) is 9.69 Å². The van der Waals surface area contributed by atoms with Gasteiger partial charge >= 0.3 is 0 Å². The van der Waals surface area contributed by atoms with Crippen LogP contribution in [0.15, 0.2) is 17.5 Å². The number of nitrogens with one attached hydrogen (secondary N) is 1. The van der Waals surface area contributed by atoms with Gasteiger partial charge in [-0.2, -0.15) is 0 Å². The van der Waals surface area contributed by atoms with Crippen LogP contribution in [0.1, 0.15) is 65.2 Å². The van der Waals surface area contributed by atoms with Crippen LogP contribution in [0.2, 0.25) is 0 Å². The Morgan fingerprint density at radius 1 is 1.46 bits per heavy atom. The maximum Gasteiger partial charge on any atom is 0.267 e. The Morgan fingerprint density at radius 3 is 3.00 bits per heavy atom. The Balaban J connectivity index is 1.79. The molecule has 1 amide bonds. The lowest BCUT2D eigenvalue weighted by molar-refractivity contribution is 0.0952. The molecule has 0 bridgehead atoms. The SMILES string of the molecule is CNC(=O)c1ccc([C@H]2CCCCN2Cc2csc([C@H](C)OC)n2)n1C. The summed E-state index contributed by atoms with van der Waals surface area (Å²) in [5.41, 5.74) is 3.00. The molecule has 1 aliphatic heterocycles. The highest BCUT2D eigenvalue weighted by atomic mass is 32.1. The van der Waals surface area contributed by atoms with Crippen molar-refractivity contribution in [1.29, 1.82) is 0 Å². The Kier molecular flexibility index (Phi) is 6.11. The zero-order valence-corrected chi connectivity index (χ0v) is 16.8. The number of hydrogen-bond donors (Lipinski definition) is 1. The van der Waals surface area contributed by atoms with Crippen molar-refractivity contribution in [1.82, 2.24) is 19.8 Å². The summed E-state index contributed by atoms with van der Waals surface area (Å²) in [5.74, 6) is -0.0428.